The van der Waals surface area contributed by atoms with Crippen molar-refractivity contribution in [2.75, 3.05) is 12.5 Å². The van der Waals surface area contributed by atoms with Gasteiger partial charge in [0.15, 0.2) is 11.6 Å². The van der Waals surface area contributed by atoms with Gasteiger partial charge in [-0.05, 0) is 19.1 Å². The van der Waals surface area contributed by atoms with E-state index in [2.05, 4.69) is 29.8 Å². The third-order valence-corrected chi connectivity index (χ3v) is 4.62. The predicted molar refractivity (Wildman–Crippen MR) is 105 cm³/mol. The van der Waals surface area contributed by atoms with Crippen molar-refractivity contribution >= 4 is 32.9 Å². The van der Waals surface area contributed by atoms with Gasteiger partial charge in [0.25, 0.3) is 5.91 Å². The minimum atomic E-state index is -2.27. The summed E-state index contributed by atoms with van der Waals surface area (Å²) in [6, 6.07) is 2.91. The first-order chi connectivity index (χ1) is 13.2. The van der Waals surface area contributed by atoms with Crippen LogP contribution in [0.15, 0.2) is 35.2 Å². The van der Waals surface area contributed by atoms with Gasteiger partial charge >= 0.3 is 0 Å². The lowest BCUT2D eigenvalue weighted by molar-refractivity contribution is 0.0928. The molecule has 0 aromatic carbocycles. The van der Waals surface area contributed by atoms with E-state index < -0.39 is 15.8 Å². The lowest BCUT2D eigenvalue weighted by Crippen LogP contribution is -2.30. The number of aryl methyl sites for hydroxylation is 1. The second kappa shape index (κ2) is 7.68. The Bertz CT molecular complexity index is 1100. The molecule has 3 rings (SSSR count). The van der Waals surface area contributed by atoms with Crippen molar-refractivity contribution in [2.45, 2.75) is 13.0 Å². The predicted octanol–water partition coefficient (Wildman–Crippen LogP) is 1.90. The lowest BCUT2D eigenvalue weighted by atomic mass is 10.3. The molecule has 0 saturated carbocycles. The molecule has 0 fully saturated rings. The second-order valence-electron chi connectivity index (χ2n) is 6.34. The standard InChI is InChI=1S/C16H19ClN8O2S/c1-10(22-16(26)14-12(17)8-20-24(14)2)15-19-9-21-25(15)13-6-5-11(7-18-13)23-28(3,4)27/h5-10H,1-4H3,(H,22,26)/t10-/m0/s1. The van der Waals surface area contributed by atoms with Crippen molar-refractivity contribution in [1.82, 2.24) is 34.8 Å². The summed E-state index contributed by atoms with van der Waals surface area (Å²) < 4.78 is 18.8. The first kappa shape index (κ1) is 20.0. The number of pyridine rings is 1. The van der Waals surface area contributed by atoms with Gasteiger partial charge in [0.1, 0.15) is 12.0 Å². The van der Waals surface area contributed by atoms with Crippen LogP contribution in [0, 0.1) is 0 Å². The smallest absolute Gasteiger partial charge is 0.271 e. The fraction of sp³-hybridized carbons (Fsp3) is 0.312. The van der Waals surface area contributed by atoms with E-state index in [1.165, 1.54) is 28.1 Å². The summed E-state index contributed by atoms with van der Waals surface area (Å²) in [5, 5.41) is 11.2. The first-order valence-corrected chi connectivity index (χ1v) is 10.9. The molecule has 10 nitrogen and oxygen atoms in total. The molecular weight excluding hydrogens is 404 g/mol. The molecule has 0 aliphatic carbocycles. The van der Waals surface area contributed by atoms with Crippen molar-refractivity contribution < 1.29 is 9.00 Å². The van der Waals surface area contributed by atoms with Gasteiger partial charge in [0.05, 0.1) is 29.1 Å². The molecule has 1 amide bonds. The molecule has 0 radical (unpaired) electrons. The van der Waals surface area contributed by atoms with Crippen molar-refractivity contribution in [3.63, 3.8) is 0 Å². The molecule has 0 bridgehead atoms. The van der Waals surface area contributed by atoms with Crippen LogP contribution in [0.2, 0.25) is 5.02 Å². The molecule has 0 saturated heterocycles. The number of aromatic nitrogens is 6. The number of amides is 1. The van der Waals surface area contributed by atoms with Crippen LogP contribution in [0.1, 0.15) is 29.3 Å². The Kier molecular flexibility index (Phi) is 5.47. The summed E-state index contributed by atoms with van der Waals surface area (Å²) >= 11 is 6.02. The molecule has 12 heteroatoms. The zero-order valence-electron chi connectivity index (χ0n) is 15.7. The van der Waals surface area contributed by atoms with Gasteiger partial charge in [0.2, 0.25) is 0 Å². The van der Waals surface area contributed by atoms with Crippen LogP contribution in [0.5, 0.6) is 0 Å². The zero-order chi connectivity index (χ0) is 20.5. The Hall–Kier alpha value is -2.79. The van der Waals surface area contributed by atoms with Crippen LogP contribution in [-0.4, -0.2) is 52.2 Å². The van der Waals surface area contributed by atoms with E-state index in [9.17, 15) is 9.00 Å². The maximum atomic E-state index is 12.5. The van der Waals surface area contributed by atoms with E-state index in [4.69, 9.17) is 11.6 Å². The van der Waals surface area contributed by atoms with Crippen LogP contribution < -0.4 is 5.32 Å². The van der Waals surface area contributed by atoms with E-state index in [-0.39, 0.29) is 16.6 Å². The monoisotopic (exact) mass is 422 g/mol. The summed E-state index contributed by atoms with van der Waals surface area (Å²) in [5.41, 5.74) is 0.763. The average molecular weight is 423 g/mol. The highest BCUT2D eigenvalue weighted by atomic mass is 35.5. The second-order valence-corrected chi connectivity index (χ2v) is 9.29. The minimum absolute atomic E-state index is 0.256. The molecular formula is C16H19ClN8O2S. The number of hydrogen-bond acceptors (Lipinski definition) is 7. The summed E-state index contributed by atoms with van der Waals surface area (Å²) in [5.74, 6) is 0.596. The molecule has 148 valence electrons. The van der Waals surface area contributed by atoms with Crippen LogP contribution in [0.25, 0.3) is 5.82 Å². The van der Waals surface area contributed by atoms with Gasteiger partial charge in [-0.1, -0.05) is 11.6 Å². The topological polar surface area (TPSA) is 120 Å². The molecule has 3 heterocycles. The molecule has 28 heavy (non-hydrogen) atoms. The third kappa shape index (κ3) is 4.37. The maximum absolute atomic E-state index is 12.5. The highest BCUT2D eigenvalue weighted by Gasteiger charge is 2.21. The number of halogens is 1. The highest BCUT2D eigenvalue weighted by molar-refractivity contribution is 7.92. The summed E-state index contributed by atoms with van der Waals surface area (Å²) in [6.45, 7) is 1.77. The minimum Gasteiger partial charge on any atom is -0.341 e. The number of nitrogens with zero attached hydrogens (tertiary/aromatic N) is 7. The molecule has 1 atom stereocenters. The highest BCUT2D eigenvalue weighted by Crippen LogP contribution is 2.19. The van der Waals surface area contributed by atoms with Crippen LogP contribution >= 0.6 is 11.6 Å². The lowest BCUT2D eigenvalue weighted by Gasteiger charge is -2.14. The van der Waals surface area contributed by atoms with Gasteiger partial charge in [-0.25, -0.2) is 14.2 Å². The Morgan fingerprint density at radius 3 is 2.57 bits per heavy atom. The molecule has 0 aliphatic rings. The quantitative estimate of drug-likeness (QED) is 0.670. The van der Waals surface area contributed by atoms with Gasteiger partial charge in [0, 0.05) is 29.3 Å². The van der Waals surface area contributed by atoms with E-state index >= 15 is 0 Å². The Balaban J connectivity index is 1.83. The number of rotatable bonds is 5. The van der Waals surface area contributed by atoms with E-state index in [1.807, 2.05) is 0 Å². The van der Waals surface area contributed by atoms with Gasteiger partial charge in [-0.3, -0.25) is 9.48 Å². The number of nitrogens with one attached hydrogen (secondary N) is 1. The number of carbonyl (C=O) groups is 1. The fourth-order valence-electron chi connectivity index (χ4n) is 2.53. The van der Waals surface area contributed by atoms with E-state index in [0.717, 1.165) is 0 Å². The van der Waals surface area contributed by atoms with Crippen LogP contribution in [-0.2, 0) is 16.8 Å². The molecule has 0 spiro atoms. The average Bonchev–Trinajstić information content (AvgIpc) is 3.21. The van der Waals surface area contributed by atoms with Crippen LogP contribution in [0.3, 0.4) is 0 Å². The molecule has 3 aromatic rings. The molecule has 0 aliphatic heterocycles. The Morgan fingerprint density at radius 1 is 1.25 bits per heavy atom. The number of carbonyl (C=O) groups excluding carboxylic acids is 1. The number of hydrogen-bond donors (Lipinski definition) is 1. The normalized spacial score (nSPS) is 12.6. The van der Waals surface area contributed by atoms with Crippen molar-refractivity contribution in [3.05, 3.63) is 47.4 Å². The van der Waals surface area contributed by atoms with E-state index in [1.54, 1.807) is 38.6 Å². The Labute approximate surface area is 167 Å². The zero-order valence-corrected chi connectivity index (χ0v) is 17.3. The van der Waals surface area contributed by atoms with Crippen molar-refractivity contribution in [1.29, 1.82) is 0 Å². The summed E-state index contributed by atoms with van der Waals surface area (Å²) in [7, 11) is -0.638. The van der Waals surface area contributed by atoms with Crippen molar-refractivity contribution in [2.24, 2.45) is 11.4 Å². The third-order valence-electron chi connectivity index (χ3n) is 3.69. The Morgan fingerprint density at radius 2 is 2.00 bits per heavy atom. The largest absolute Gasteiger partial charge is 0.341 e. The van der Waals surface area contributed by atoms with E-state index in [0.29, 0.717) is 17.3 Å². The van der Waals surface area contributed by atoms with Gasteiger partial charge < -0.3 is 5.32 Å². The summed E-state index contributed by atoms with van der Waals surface area (Å²) in [4.78, 5) is 21.0. The van der Waals surface area contributed by atoms with Gasteiger partial charge in [-0.2, -0.15) is 19.2 Å². The summed E-state index contributed by atoms with van der Waals surface area (Å²) in [6.07, 6.45) is 7.39. The first-order valence-electron chi connectivity index (χ1n) is 8.17. The molecule has 1 N–H and O–H groups in total. The molecule has 0 unspecified atom stereocenters. The van der Waals surface area contributed by atoms with Crippen LogP contribution in [0.4, 0.5) is 5.69 Å². The molecule has 3 aromatic heterocycles. The van der Waals surface area contributed by atoms with Crippen molar-refractivity contribution in [3.8, 4) is 5.82 Å². The maximum Gasteiger partial charge on any atom is 0.271 e. The fourth-order valence-corrected chi connectivity index (χ4v) is 3.40. The van der Waals surface area contributed by atoms with Gasteiger partial charge in [-0.15, -0.1) is 0 Å². The SMILES string of the molecule is C[C@H](NC(=O)c1c(Cl)cnn1C)c1ncnn1-c1ccc(N=S(C)(C)=O)cn1.